The molecule has 21 heavy (non-hydrogen) atoms. The van der Waals surface area contributed by atoms with Gasteiger partial charge in [0.2, 0.25) is 0 Å². The molecule has 1 heterocycles. The van der Waals surface area contributed by atoms with E-state index in [1.54, 1.807) is 17.2 Å². The lowest BCUT2D eigenvalue weighted by molar-refractivity contribution is 0.0733. The van der Waals surface area contributed by atoms with Crippen molar-refractivity contribution in [1.82, 2.24) is 4.90 Å². The van der Waals surface area contributed by atoms with Crippen molar-refractivity contribution in [2.24, 2.45) is 0 Å². The minimum absolute atomic E-state index is 0.0401. The first-order valence-electron chi connectivity index (χ1n) is 7.01. The van der Waals surface area contributed by atoms with Crippen molar-refractivity contribution in [3.8, 4) is 0 Å². The number of carbonyl (C=O) groups is 1. The van der Waals surface area contributed by atoms with Gasteiger partial charge in [0.25, 0.3) is 5.91 Å². The van der Waals surface area contributed by atoms with Crippen LogP contribution in [0.5, 0.6) is 0 Å². The van der Waals surface area contributed by atoms with Crippen molar-refractivity contribution in [2.75, 3.05) is 25.0 Å². The van der Waals surface area contributed by atoms with E-state index in [0.29, 0.717) is 25.2 Å². The number of aliphatic hydroxyl groups is 1. The largest absolute Gasteiger partial charge is 0.467 e. The van der Waals surface area contributed by atoms with E-state index in [9.17, 15) is 4.79 Å². The second kappa shape index (κ2) is 7.50. The molecule has 1 aromatic carbocycles. The number of amides is 1. The maximum Gasteiger partial charge on any atom is 0.256 e. The van der Waals surface area contributed by atoms with Crippen molar-refractivity contribution < 1.29 is 14.3 Å². The van der Waals surface area contributed by atoms with Crippen LogP contribution in [0.25, 0.3) is 0 Å². The molecule has 112 valence electrons. The fourth-order valence-corrected chi connectivity index (χ4v) is 2.11. The number of nitrogens with zero attached hydrogens (tertiary/aromatic N) is 1. The molecule has 5 nitrogen and oxygen atoms in total. The van der Waals surface area contributed by atoms with Gasteiger partial charge in [-0.15, -0.1) is 0 Å². The van der Waals surface area contributed by atoms with Crippen LogP contribution in [0, 0.1) is 0 Å². The van der Waals surface area contributed by atoms with Crippen LogP contribution in [0.4, 0.5) is 5.69 Å². The van der Waals surface area contributed by atoms with Crippen LogP contribution in [0.3, 0.4) is 0 Å². The van der Waals surface area contributed by atoms with Crippen LogP contribution in [0.15, 0.2) is 47.1 Å². The Morgan fingerprint density at radius 1 is 1.29 bits per heavy atom. The third-order valence-electron chi connectivity index (χ3n) is 3.23. The molecule has 5 heteroatoms. The van der Waals surface area contributed by atoms with Gasteiger partial charge in [0.05, 0.1) is 25.0 Å². The summed E-state index contributed by atoms with van der Waals surface area (Å²) in [6.07, 6.45) is 1.62. The Morgan fingerprint density at radius 2 is 2.10 bits per heavy atom. The van der Waals surface area contributed by atoms with E-state index in [4.69, 9.17) is 9.52 Å². The van der Waals surface area contributed by atoms with Gasteiger partial charge in [-0.3, -0.25) is 4.79 Å². The van der Waals surface area contributed by atoms with E-state index in [-0.39, 0.29) is 12.5 Å². The van der Waals surface area contributed by atoms with E-state index < -0.39 is 0 Å². The molecule has 0 aliphatic carbocycles. The van der Waals surface area contributed by atoms with Crippen LogP contribution in [-0.4, -0.2) is 35.6 Å². The predicted octanol–water partition coefficient (Wildman–Crippen LogP) is 2.35. The van der Waals surface area contributed by atoms with E-state index >= 15 is 0 Å². The molecule has 0 aliphatic rings. The van der Waals surface area contributed by atoms with Gasteiger partial charge >= 0.3 is 0 Å². The Hall–Kier alpha value is -2.27. The molecule has 2 aromatic rings. The number of likely N-dealkylation sites (N-methyl/N-ethyl adjacent to an activating group) is 1. The summed E-state index contributed by atoms with van der Waals surface area (Å²) in [6, 6.07) is 11.1. The summed E-state index contributed by atoms with van der Waals surface area (Å²) in [7, 11) is 0. The number of aliphatic hydroxyl groups excluding tert-OH is 1. The average molecular weight is 288 g/mol. The third-order valence-corrected chi connectivity index (χ3v) is 3.23. The summed E-state index contributed by atoms with van der Waals surface area (Å²) in [5.74, 6) is 0.717. The zero-order valence-corrected chi connectivity index (χ0v) is 12.1. The Bertz CT molecular complexity index is 567. The predicted molar refractivity (Wildman–Crippen MR) is 81.1 cm³/mol. The molecule has 0 saturated carbocycles. The number of furan rings is 1. The molecule has 0 radical (unpaired) electrons. The van der Waals surface area contributed by atoms with Crippen LogP contribution < -0.4 is 5.32 Å². The molecule has 0 spiro atoms. The summed E-state index contributed by atoms with van der Waals surface area (Å²) < 4.78 is 5.27. The second-order valence-corrected chi connectivity index (χ2v) is 4.59. The summed E-state index contributed by atoms with van der Waals surface area (Å²) >= 11 is 0. The maximum atomic E-state index is 12.5. The Morgan fingerprint density at radius 3 is 2.76 bits per heavy atom. The van der Waals surface area contributed by atoms with Crippen LogP contribution in [0.1, 0.15) is 23.0 Å². The number of carbonyl (C=O) groups excluding carboxylic acids is 1. The third kappa shape index (κ3) is 3.86. The quantitative estimate of drug-likeness (QED) is 0.820. The van der Waals surface area contributed by atoms with Crippen LogP contribution in [0.2, 0.25) is 0 Å². The molecular weight excluding hydrogens is 268 g/mol. The molecule has 2 rings (SSSR count). The smallest absolute Gasteiger partial charge is 0.256 e. The molecule has 0 fully saturated rings. The highest BCUT2D eigenvalue weighted by molar-refractivity contribution is 5.99. The lowest BCUT2D eigenvalue weighted by Gasteiger charge is -2.21. The van der Waals surface area contributed by atoms with Crippen LogP contribution >= 0.6 is 0 Å². The van der Waals surface area contributed by atoms with Crippen molar-refractivity contribution >= 4 is 11.6 Å². The fourth-order valence-electron chi connectivity index (χ4n) is 2.11. The van der Waals surface area contributed by atoms with Crippen molar-refractivity contribution in [1.29, 1.82) is 0 Å². The van der Waals surface area contributed by atoms with E-state index in [1.807, 2.05) is 37.3 Å². The fraction of sp³-hybridized carbons (Fsp3) is 0.312. The molecule has 0 saturated heterocycles. The summed E-state index contributed by atoms with van der Waals surface area (Å²) in [4.78, 5) is 14.1. The van der Waals surface area contributed by atoms with Crippen molar-refractivity contribution in [2.45, 2.75) is 13.5 Å². The van der Waals surface area contributed by atoms with Gasteiger partial charge in [0.1, 0.15) is 5.76 Å². The number of benzene rings is 1. The van der Waals surface area contributed by atoms with Gasteiger partial charge in [0, 0.05) is 18.8 Å². The number of rotatable bonds is 7. The lowest BCUT2D eigenvalue weighted by Crippen LogP contribution is -2.33. The standard InChI is InChI=1S/C16H20N2O3/c1-2-18(9-10-19)16(20)14-7-3-4-8-15(14)17-12-13-6-5-11-21-13/h3-8,11,17,19H,2,9-10,12H2,1H3. The normalized spacial score (nSPS) is 10.4. The zero-order chi connectivity index (χ0) is 15.1. The summed E-state index contributed by atoms with van der Waals surface area (Å²) in [5, 5.41) is 12.3. The highest BCUT2D eigenvalue weighted by Crippen LogP contribution is 2.18. The Labute approximate surface area is 124 Å². The lowest BCUT2D eigenvalue weighted by atomic mass is 10.1. The molecule has 1 amide bonds. The monoisotopic (exact) mass is 288 g/mol. The molecular formula is C16H20N2O3. The molecule has 1 aromatic heterocycles. The second-order valence-electron chi connectivity index (χ2n) is 4.59. The maximum absolute atomic E-state index is 12.5. The van der Waals surface area contributed by atoms with Gasteiger partial charge in [-0.2, -0.15) is 0 Å². The van der Waals surface area contributed by atoms with E-state index in [2.05, 4.69) is 5.32 Å². The molecule has 0 aliphatic heterocycles. The topological polar surface area (TPSA) is 65.7 Å². The molecule has 0 atom stereocenters. The number of hydrogen-bond donors (Lipinski definition) is 2. The first-order chi connectivity index (χ1) is 10.3. The van der Waals surface area contributed by atoms with Gasteiger partial charge in [-0.05, 0) is 31.2 Å². The highest BCUT2D eigenvalue weighted by atomic mass is 16.3. The molecule has 0 unspecified atom stereocenters. The number of para-hydroxylation sites is 1. The molecule has 2 N–H and O–H groups in total. The Balaban J connectivity index is 2.13. The zero-order valence-electron chi connectivity index (χ0n) is 12.1. The average Bonchev–Trinajstić information content (AvgIpc) is 3.03. The molecule has 0 bridgehead atoms. The van der Waals surface area contributed by atoms with Gasteiger partial charge in [-0.25, -0.2) is 0 Å². The first-order valence-corrected chi connectivity index (χ1v) is 7.01. The van der Waals surface area contributed by atoms with Gasteiger partial charge in [-0.1, -0.05) is 12.1 Å². The van der Waals surface area contributed by atoms with E-state index in [0.717, 1.165) is 11.4 Å². The summed E-state index contributed by atoms with van der Waals surface area (Å²) in [6.45, 7) is 3.27. The van der Waals surface area contributed by atoms with Crippen molar-refractivity contribution in [3.05, 3.63) is 54.0 Å². The van der Waals surface area contributed by atoms with Crippen LogP contribution in [-0.2, 0) is 6.54 Å². The Kier molecular flexibility index (Phi) is 5.40. The minimum Gasteiger partial charge on any atom is -0.467 e. The van der Waals surface area contributed by atoms with Gasteiger partial charge in [0.15, 0.2) is 0 Å². The number of nitrogens with one attached hydrogen (secondary N) is 1. The van der Waals surface area contributed by atoms with Crippen molar-refractivity contribution in [3.63, 3.8) is 0 Å². The number of anilines is 1. The summed E-state index contributed by atoms with van der Waals surface area (Å²) in [5.41, 5.74) is 1.36. The first kappa shape index (κ1) is 15.1. The number of hydrogen-bond acceptors (Lipinski definition) is 4. The SMILES string of the molecule is CCN(CCO)C(=O)c1ccccc1NCc1ccco1. The highest BCUT2D eigenvalue weighted by Gasteiger charge is 2.16. The van der Waals surface area contributed by atoms with E-state index in [1.165, 1.54) is 0 Å². The van der Waals surface area contributed by atoms with Gasteiger partial charge < -0.3 is 19.7 Å². The minimum atomic E-state index is -0.0888.